The Morgan fingerprint density at radius 3 is 2.70 bits per heavy atom. The molecule has 0 aliphatic carbocycles. The van der Waals surface area contributed by atoms with Gasteiger partial charge in [-0.25, -0.2) is 4.79 Å². The van der Waals surface area contributed by atoms with E-state index in [1.54, 1.807) is 13.3 Å². The number of carboxylic acid groups (broad SMARTS) is 1. The zero-order valence-electron chi connectivity index (χ0n) is 12.1. The summed E-state index contributed by atoms with van der Waals surface area (Å²) >= 11 is 1.24. The SMILES string of the molecule is CCC(C)(NC(=O)CSc1nncn1C(C)C)C(=O)O. The number of hydrogen-bond acceptors (Lipinski definition) is 5. The lowest BCUT2D eigenvalue weighted by Gasteiger charge is -2.24. The Morgan fingerprint density at radius 2 is 2.20 bits per heavy atom. The molecular formula is C12H20N4O3S. The van der Waals surface area contributed by atoms with Crippen LogP contribution in [0.2, 0.25) is 0 Å². The van der Waals surface area contributed by atoms with Crippen LogP contribution >= 0.6 is 11.8 Å². The molecule has 112 valence electrons. The second kappa shape index (κ2) is 6.74. The molecule has 7 nitrogen and oxygen atoms in total. The fourth-order valence-electron chi connectivity index (χ4n) is 1.46. The summed E-state index contributed by atoms with van der Waals surface area (Å²) in [7, 11) is 0. The quantitative estimate of drug-likeness (QED) is 0.737. The van der Waals surface area contributed by atoms with E-state index in [0.717, 1.165) is 0 Å². The molecule has 1 atom stereocenters. The van der Waals surface area contributed by atoms with Crippen LogP contribution in [-0.2, 0) is 9.59 Å². The smallest absolute Gasteiger partial charge is 0.329 e. The average molecular weight is 300 g/mol. The van der Waals surface area contributed by atoms with Gasteiger partial charge in [0.05, 0.1) is 5.75 Å². The third kappa shape index (κ3) is 3.96. The van der Waals surface area contributed by atoms with E-state index in [4.69, 9.17) is 5.11 Å². The zero-order chi connectivity index (χ0) is 15.3. The van der Waals surface area contributed by atoms with Crippen molar-refractivity contribution in [2.75, 3.05) is 5.75 Å². The van der Waals surface area contributed by atoms with Gasteiger partial charge in [-0.15, -0.1) is 10.2 Å². The van der Waals surface area contributed by atoms with Crippen LogP contribution in [0.5, 0.6) is 0 Å². The van der Waals surface area contributed by atoms with Crippen molar-refractivity contribution in [1.29, 1.82) is 0 Å². The maximum Gasteiger partial charge on any atom is 0.329 e. The maximum absolute atomic E-state index is 11.8. The monoisotopic (exact) mass is 300 g/mol. The number of thioether (sulfide) groups is 1. The molecule has 0 saturated carbocycles. The Kier molecular flexibility index (Phi) is 5.55. The number of carbonyl (C=O) groups is 2. The summed E-state index contributed by atoms with van der Waals surface area (Å²) in [5.41, 5.74) is -1.23. The maximum atomic E-state index is 11.8. The first-order chi connectivity index (χ1) is 9.30. The number of aromatic nitrogens is 3. The zero-order valence-corrected chi connectivity index (χ0v) is 12.9. The summed E-state index contributed by atoms with van der Waals surface area (Å²) in [5.74, 6) is -1.27. The van der Waals surface area contributed by atoms with Crippen LogP contribution in [0.3, 0.4) is 0 Å². The van der Waals surface area contributed by atoms with Gasteiger partial charge in [-0.05, 0) is 27.2 Å². The highest BCUT2D eigenvalue weighted by molar-refractivity contribution is 7.99. The Labute approximate surface area is 122 Å². The van der Waals surface area contributed by atoms with Gasteiger partial charge in [0.15, 0.2) is 5.16 Å². The van der Waals surface area contributed by atoms with Gasteiger partial charge in [-0.1, -0.05) is 18.7 Å². The minimum Gasteiger partial charge on any atom is -0.480 e. The van der Waals surface area contributed by atoms with Crippen LogP contribution in [-0.4, -0.2) is 43.0 Å². The molecule has 1 unspecified atom stereocenters. The van der Waals surface area contributed by atoms with Crippen LogP contribution in [0.25, 0.3) is 0 Å². The van der Waals surface area contributed by atoms with Crippen molar-refractivity contribution in [3.8, 4) is 0 Å². The minimum absolute atomic E-state index is 0.105. The van der Waals surface area contributed by atoms with E-state index >= 15 is 0 Å². The molecular weight excluding hydrogens is 280 g/mol. The van der Waals surface area contributed by atoms with E-state index in [1.165, 1.54) is 18.7 Å². The third-order valence-electron chi connectivity index (χ3n) is 3.02. The lowest BCUT2D eigenvalue weighted by atomic mass is 9.99. The highest BCUT2D eigenvalue weighted by Gasteiger charge is 2.32. The van der Waals surface area contributed by atoms with Crippen molar-refractivity contribution in [2.24, 2.45) is 0 Å². The molecule has 20 heavy (non-hydrogen) atoms. The predicted octanol–water partition coefficient (Wildman–Crippen LogP) is 1.32. The number of amides is 1. The van der Waals surface area contributed by atoms with Crippen LogP contribution in [0, 0.1) is 0 Å². The van der Waals surface area contributed by atoms with Crippen molar-refractivity contribution in [3.05, 3.63) is 6.33 Å². The molecule has 0 fully saturated rings. The van der Waals surface area contributed by atoms with Crippen LogP contribution in [0.1, 0.15) is 40.2 Å². The molecule has 1 aromatic heterocycles. The molecule has 1 heterocycles. The van der Waals surface area contributed by atoms with E-state index in [9.17, 15) is 9.59 Å². The number of carboxylic acids is 1. The molecule has 0 radical (unpaired) electrons. The standard InChI is InChI=1S/C12H20N4O3S/c1-5-12(4,10(18)19)14-9(17)6-20-11-15-13-7-16(11)8(2)3/h7-8H,5-6H2,1-4H3,(H,14,17)(H,18,19). The molecule has 0 aromatic carbocycles. The molecule has 0 bridgehead atoms. The molecule has 0 saturated heterocycles. The molecule has 2 N–H and O–H groups in total. The van der Waals surface area contributed by atoms with Gasteiger partial charge >= 0.3 is 5.97 Å². The number of aliphatic carboxylic acids is 1. The highest BCUT2D eigenvalue weighted by atomic mass is 32.2. The van der Waals surface area contributed by atoms with Gasteiger partial charge in [0, 0.05) is 6.04 Å². The summed E-state index contributed by atoms with van der Waals surface area (Å²) in [6.45, 7) is 7.20. The fraction of sp³-hybridized carbons (Fsp3) is 0.667. The van der Waals surface area contributed by atoms with Crippen molar-refractivity contribution in [3.63, 3.8) is 0 Å². The Hall–Kier alpha value is -1.57. The highest BCUT2D eigenvalue weighted by Crippen LogP contribution is 2.19. The molecule has 1 rings (SSSR count). The predicted molar refractivity (Wildman–Crippen MR) is 75.6 cm³/mol. The normalized spacial score (nSPS) is 14.1. The number of carbonyl (C=O) groups excluding carboxylic acids is 1. The van der Waals surface area contributed by atoms with Gasteiger partial charge in [0.25, 0.3) is 0 Å². The third-order valence-corrected chi connectivity index (χ3v) is 3.98. The van der Waals surface area contributed by atoms with E-state index < -0.39 is 11.5 Å². The summed E-state index contributed by atoms with van der Waals surface area (Å²) in [6, 6.07) is 0.204. The van der Waals surface area contributed by atoms with Crippen molar-refractivity contribution >= 4 is 23.6 Å². The van der Waals surface area contributed by atoms with Crippen LogP contribution < -0.4 is 5.32 Å². The average Bonchev–Trinajstić information content (AvgIpc) is 2.84. The van der Waals surface area contributed by atoms with Crippen LogP contribution in [0.4, 0.5) is 0 Å². The van der Waals surface area contributed by atoms with Crippen LogP contribution in [0.15, 0.2) is 11.5 Å². The molecule has 8 heteroatoms. The first kappa shape index (κ1) is 16.5. The molecule has 0 aliphatic heterocycles. The summed E-state index contributed by atoms with van der Waals surface area (Å²) < 4.78 is 1.86. The van der Waals surface area contributed by atoms with Crippen molar-refractivity contribution < 1.29 is 14.7 Å². The number of nitrogens with one attached hydrogen (secondary N) is 1. The summed E-state index contributed by atoms with van der Waals surface area (Å²) in [5, 5.41) is 20.0. The molecule has 1 aromatic rings. The molecule has 0 aliphatic rings. The summed E-state index contributed by atoms with van der Waals surface area (Å²) in [6.07, 6.45) is 1.93. The number of nitrogens with zero attached hydrogens (tertiary/aromatic N) is 3. The van der Waals surface area contributed by atoms with E-state index in [2.05, 4.69) is 15.5 Å². The van der Waals surface area contributed by atoms with E-state index in [1.807, 2.05) is 18.4 Å². The van der Waals surface area contributed by atoms with E-state index in [-0.39, 0.29) is 17.7 Å². The second-order valence-electron chi connectivity index (χ2n) is 4.94. The van der Waals surface area contributed by atoms with Crippen molar-refractivity contribution in [1.82, 2.24) is 20.1 Å². The van der Waals surface area contributed by atoms with Crippen molar-refractivity contribution in [2.45, 2.75) is 50.9 Å². The summed E-state index contributed by atoms with van der Waals surface area (Å²) in [4.78, 5) is 23.0. The van der Waals surface area contributed by atoms with Gasteiger partial charge in [-0.2, -0.15) is 0 Å². The van der Waals surface area contributed by atoms with E-state index in [0.29, 0.717) is 11.6 Å². The van der Waals surface area contributed by atoms with Gasteiger partial charge in [0.2, 0.25) is 5.91 Å². The Bertz CT molecular complexity index is 489. The molecule has 1 amide bonds. The van der Waals surface area contributed by atoms with Gasteiger partial charge < -0.3 is 15.0 Å². The number of rotatable bonds is 7. The largest absolute Gasteiger partial charge is 0.480 e. The topological polar surface area (TPSA) is 97.1 Å². The first-order valence-corrected chi connectivity index (χ1v) is 7.35. The Morgan fingerprint density at radius 1 is 1.55 bits per heavy atom. The lowest BCUT2D eigenvalue weighted by molar-refractivity contribution is -0.146. The first-order valence-electron chi connectivity index (χ1n) is 6.37. The van der Waals surface area contributed by atoms with Gasteiger partial charge in [0.1, 0.15) is 11.9 Å². The minimum atomic E-state index is -1.23. The Balaban J connectivity index is 2.60. The second-order valence-corrected chi connectivity index (χ2v) is 5.88. The van der Waals surface area contributed by atoms with Gasteiger partial charge in [-0.3, -0.25) is 4.79 Å². The molecule has 0 spiro atoms. The number of hydrogen-bond donors (Lipinski definition) is 2. The lowest BCUT2D eigenvalue weighted by Crippen LogP contribution is -2.52. The fourth-order valence-corrected chi connectivity index (χ4v) is 2.30.